The normalized spacial score (nSPS) is 12.0. The first-order valence-corrected chi connectivity index (χ1v) is 6.35. The summed E-state index contributed by atoms with van der Waals surface area (Å²) in [5.74, 6) is -1.87. The first kappa shape index (κ1) is 14.9. The maximum atomic E-state index is 13.2. The number of nitro groups is 1. The van der Waals surface area contributed by atoms with Gasteiger partial charge in [0.1, 0.15) is 5.69 Å². The molecule has 2 rings (SSSR count). The van der Waals surface area contributed by atoms with Crippen molar-refractivity contribution in [2.45, 2.75) is 19.9 Å². The van der Waals surface area contributed by atoms with Gasteiger partial charge in [0.05, 0.1) is 4.92 Å². The monoisotopic (exact) mass is 292 g/mol. The average molecular weight is 292 g/mol. The topological polar surface area (TPSA) is 55.2 Å². The highest BCUT2D eigenvalue weighted by atomic mass is 19.2. The van der Waals surface area contributed by atoms with Gasteiger partial charge in [0, 0.05) is 12.1 Å². The van der Waals surface area contributed by atoms with Gasteiger partial charge in [-0.05, 0) is 43.2 Å². The summed E-state index contributed by atoms with van der Waals surface area (Å²) in [5.41, 5.74) is 1.56. The van der Waals surface area contributed by atoms with Crippen molar-refractivity contribution in [1.82, 2.24) is 0 Å². The number of rotatable bonds is 4. The van der Waals surface area contributed by atoms with E-state index in [1.54, 1.807) is 26.0 Å². The summed E-state index contributed by atoms with van der Waals surface area (Å²) < 4.78 is 26.1. The van der Waals surface area contributed by atoms with Crippen LogP contribution in [0.4, 0.5) is 20.2 Å². The molecular formula is C15H14F2N2O2. The fourth-order valence-electron chi connectivity index (χ4n) is 2.01. The Hall–Kier alpha value is -2.50. The SMILES string of the molecule is Cc1ccc(NC(C)c2ccc(F)c(F)c2)c([N+](=O)[O-])c1. The molecule has 0 radical (unpaired) electrons. The summed E-state index contributed by atoms with van der Waals surface area (Å²) in [5, 5.41) is 14.0. The smallest absolute Gasteiger partial charge is 0.292 e. The van der Waals surface area contributed by atoms with Gasteiger partial charge in [0.25, 0.3) is 5.69 Å². The fourth-order valence-corrected chi connectivity index (χ4v) is 2.01. The lowest BCUT2D eigenvalue weighted by molar-refractivity contribution is -0.384. The molecule has 0 amide bonds. The summed E-state index contributed by atoms with van der Waals surface area (Å²) in [6.07, 6.45) is 0. The van der Waals surface area contributed by atoms with Crippen LogP contribution in [0.15, 0.2) is 36.4 Å². The Bertz CT molecular complexity index is 689. The van der Waals surface area contributed by atoms with Crippen LogP contribution in [0.1, 0.15) is 24.1 Å². The lowest BCUT2D eigenvalue weighted by atomic mass is 10.1. The van der Waals surface area contributed by atoms with E-state index < -0.39 is 22.6 Å². The summed E-state index contributed by atoms with van der Waals surface area (Å²) in [4.78, 5) is 10.6. The van der Waals surface area contributed by atoms with Crippen molar-refractivity contribution < 1.29 is 13.7 Å². The molecule has 1 N–H and O–H groups in total. The van der Waals surface area contributed by atoms with Crippen molar-refractivity contribution in [2.75, 3.05) is 5.32 Å². The van der Waals surface area contributed by atoms with Crippen molar-refractivity contribution in [3.8, 4) is 0 Å². The van der Waals surface area contributed by atoms with E-state index in [0.717, 1.165) is 17.7 Å². The molecule has 0 aliphatic carbocycles. The summed E-state index contributed by atoms with van der Waals surface area (Å²) >= 11 is 0. The molecule has 0 aromatic heterocycles. The quantitative estimate of drug-likeness (QED) is 0.673. The molecule has 0 heterocycles. The van der Waals surface area contributed by atoms with Crippen LogP contribution >= 0.6 is 0 Å². The van der Waals surface area contributed by atoms with E-state index in [9.17, 15) is 18.9 Å². The van der Waals surface area contributed by atoms with E-state index in [4.69, 9.17) is 0 Å². The van der Waals surface area contributed by atoms with Crippen molar-refractivity contribution in [3.63, 3.8) is 0 Å². The lowest BCUT2D eigenvalue weighted by Crippen LogP contribution is -2.09. The number of aryl methyl sites for hydroxylation is 1. The molecular weight excluding hydrogens is 278 g/mol. The average Bonchev–Trinajstić information content (AvgIpc) is 2.43. The van der Waals surface area contributed by atoms with Gasteiger partial charge in [-0.25, -0.2) is 8.78 Å². The Kier molecular flexibility index (Phi) is 4.16. The molecule has 4 nitrogen and oxygen atoms in total. The van der Waals surface area contributed by atoms with Gasteiger partial charge in [0.2, 0.25) is 0 Å². The standard InChI is InChI=1S/C15H14F2N2O2/c1-9-3-6-14(15(7-9)19(20)21)18-10(2)11-4-5-12(16)13(17)8-11/h3-8,10,18H,1-2H3. The van der Waals surface area contributed by atoms with E-state index in [2.05, 4.69) is 5.32 Å². The molecule has 21 heavy (non-hydrogen) atoms. The van der Waals surface area contributed by atoms with Crippen molar-refractivity contribution in [1.29, 1.82) is 0 Å². The van der Waals surface area contributed by atoms with Gasteiger partial charge < -0.3 is 5.32 Å². The van der Waals surface area contributed by atoms with Crippen molar-refractivity contribution in [2.24, 2.45) is 0 Å². The number of benzene rings is 2. The second-order valence-corrected chi connectivity index (χ2v) is 4.82. The summed E-state index contributed by atoms with van der Waals surface area (Å²) in [6, 6.07) is 7.95. The fraction of sp³-hybridized carbons (Fsp3) is 0.200. The van der Waals surface area contributed by atoms with Gasteiger partial charge in [-0.3, -0.25) is 10.1 Å². The molecule has 6 heteroatoms. The predicted molar refractivity (Wildman–Crippen MR) is 76.2 cm³/mol. The van der Waals surface area contributed by atoms with Gasteiger partial charge in [-0.1, -0.05) is 12.1 Å². The second-order valence-electron chi connectivity index (χ2n) is 4.82. The minimum atomic E-state index is -0.945. The van der Waals surface area contributed by atoms with E-state index in [1.165, 1.54) is 12.1 Å². The third-order valence-electron chi connectivity index (χ3n) is 3.17. The van der Waals surface area contributed by atoms with Gasteiger partial charge in [0.15, 0.2) is 11.6 Å². The Morgan fingerprint density at radius 2 is 1.86 bits per heavy atom. The van der Waals surface area contributed by atoms with Crippen LogP contribution in [-0.4, -0.2) is 4.92 Å². The molecule has 0 saturated carbocycles. The highest BCUT2D eigenvalue weighted by Crippen LogP contribution is 2.29. The van der Waals surface area contributed by atoms with Crippen LogP contribution in [0, 0.1) is 28.7 Å². The third-order valence-corrected chi connectivity index (χ3v) is 3.17. The van der Waals surface area contributed by atoms with Crippen molar-refractivity contribution in [3.05, 3.63) is 69.3 Å². The molecule has 0 fully saturated rings. The zero-order chi connectivity index (χ0) is 15.6. The highest BCUT2D eigenvalue weighted by Gasteiger charge is 2.17. The number of hydrogen-bond acceptors (Lipinski definition) is 3. The summed E-state index contributed by atoms with van der Waals surface area (Å²) in [6.45, 7) is 3.48. The minimum absolute atomic E-state index is 0.0515. The van der Waals surface area contributed by atoms with E-state index >= 15 is 0 Å². The van der Waals surface area contributed by atoms with Crippen LogP contribution in [0.5, 0.6) is 0 Å². The largest absolute Gasteiger partial charge is 0.373 e. The zero-order valence-electron chi connectivity index (χ0n) is 11.6. The molecule has 0 saturated heterocycles. The van der Waals surface area contributed by atoms with E-state index in [1.807, 2.05) is 0 Å². The predicted octanol–water partition coefficient (Wildman–Crippen LogP) is 4.35. The Morgan fingerprint density at radius 3 is 2.48 bits per heavy atom. The van der Waals surface area contributed by atoms with E-state index in [0.29, 0.717) is 11.3 Å². The number of halogens is 2. The molecule has 0 aliphatic heterocycles. The Labute approximate surface area is 120 Å². The third kappa shape index (κ3) is 3.34. The highest BCUT2D eigenvalue weighted by molar-refractivity contribution is 5.63. The first-order valence-electron chi connectivity index (χ1n) is 6.35. The van der Waals surface area contributed by atoms with Gasteiger partial charge >= 0.3 is 0 Å². The number of nitrogens with one attached hydrogen (secondary N) is 1. The molecule has 0 aliphatic rings. The summed E-state index contributed by atoms with van der Waals surface area (Å²) in [7, 11) is 0. The number of anilines is 1. The van der Waals surface area contributed by atoms with Crippen LogP contribution in [0.25, 0.3) is 0 Å². The maximum absolute atomic E-state index is 13.2. The molecule has 110 valence electrons. The minimum Gasteiger partial charge on any atom is -0.373 e. The van der Waals surface area contributed by atoms with Gasteiger partial charge in [-0.2, -0.15) is 0 Å². The van der Waals surface area contributed by atoms with Crippen LogP contribution in [-0.2, 0) is 0 Å². The van der Waals surface area contributed by atoms with Crippen LogP contribution in [0.3, 0.4) is 0 Å². The molecule has 2 aromatic carbocycles. The molecule has 0 spiro atoms. The Morgan fingerprint density at radius 1 is 1.14 bits per heavy atom. The van der Waals surface area contributed by atoms with Crippen LogP contribution in [0.2, 0.25) is 0 Å². The number of hydrogen-bond donors (Lipinski definition) is 1. The number of nitrogens with zero attached hydrogens (tertiary/aromatic N) is 1. The van der Waals surface area contributed by atoms with Gasteiger partial charge in [-0.15, -0.1) is 0 Å². The second kappa shape index (κ2) is 5.87. The zero-order valence-corrected chi connectivity index (χ0v) is 11.6. The maximum Gasteiger partial charge on any atom is 0.292 e. The number of nitro benzene ring substituents is 1. The molecule has 0 bridgehead atoms. The first-order chi connectivity index (χ1) is 9.88. The van der Waals surface area contributed by atoms with E-state index in [-0.39, 0.29) is 5.69 Å². The molecule has 1 unspecified atom stereocenters. The van der Waals surface area contributed by atoms with Crippen LogP contribution < -0.4 is 5.32 Å². The molecule has 1 atom stereocenters. The lowest BCUT2D eigenvalue weighted by Gasteiger charge is -2.16. The van der Waals surface area contributed by atoms with Crippen molar-refractivity contribution >= 4 is 11.4 Å². The Balaban J connectivity index is 2.29. The molecule has 2 aromatic rings.